The number of hydrogen-bond acceptors (Lipinski definition) is 6. The zero-order valence-electron chi connectivity index (χ0n) is 14.0. The number of ether oxygens (including phenoxy) is 2. The Labute approximate surface area is 154 Å². The Morgan fingerprint density at radius 3 is 3.04 bits per heavy atom. The molecule has 1 aliphatic heterocycles. The van der Waals surface area contributed by atoms with E-state index in [1.807, 2.05) is 0 Å². The van der Waals surface area contributed by atoms with Crippen LogP contribution in [0.25, 0.3) is 10.9 Å². The summed E-state index contributed by atoms with van der Waals surface area (Å²) in [5.74, 6) is -0.367. The average Bonchev–Trinajstić information content (AvgIpc) is 3.10. The van der Waals surface area contributed by atoms with Gasteiger partial charge in [-0.2, -0.15) is 0 Å². The van der Waals surface area contributed by atoms with Gasteiger partial charge >= 0.3 is 5.97 Å². The van der Waals surface area contributed by atoms with Crippen molar-refractivity contribution < 1.29 is 14.3 Å². The summed E-state index contributed by atoms with van der Waals surface area (Å²) in [6.07, 6.45) is 1.87. The molecule has 25 heavy (non-hydrogen) atoms. The first kappa shape index (κ1) is 18.2. The molecule has 2 aromatic rings. The summed E-state index contributed by atoms with van der Waals surface area (Å²) < 4.78 is 12.0. The van der Waals surface area contributed by atoms with Gasteiger partial charge in [-0.1, -0.05) is 23.4 Å². The zero-order valence-corrected chi connectivity index (χ0v) is 15.6. The van der Waals surface area contributed by atoms with E-state index in [1.54, 1.807) is 29.7 Å². The number of aromatic nitrogens is 2. The molecule has 0 aliphatic carbocycles. The number of benzene rings is 1. The molecule has 2 atom stereocenters. The maximum atomic E-state index is 13.0. The van der Waals surface area contributed by atoms with E-state index in [4.69, 9.17) is 21.1 Å². The van der Waals surface area contributed by atoms with Crippen molar-refractivity contribution in [2.75, 3.05) is 13.7 Å². The molecule has 0 radical (unpaired) electrons. The molecule has 0 spiro atoms. The largest absolute Gasteiger partial charge is 0.468 e. The predicted octanol–water partition coefficient (Wildman–Crippen LogP) is 2.88. The molecule has 2 heterocycles. The van der Waals surface area contributed by atoms with Crippen LogP contribution >= 0.6 is 23.4 Å². The zero-order chi connectivity index (χ0) is 18.0. The van der Waals surface area contributed by atoms with E-state index in [1.165, 1.54) is 18.9 Å². The van der Waals surface area contributed by atoms with Gasteiger partial charge in [-0.05, 0) is 38.0 Å². The van der Waals surface area contributed by atoms with Crippen LogP contribution < -0.4 is 5.56 Å². The van der Waals surface area contributed by atoms with Crippen LogP contribution in [0.5, 0.6) is 0 Å². The smallest absolute Gasteiger partial charge is 0.318 e. The lowest BCUT2D eigenvalue weighted by molar-refractivity contribution is -0.139. The summed E-state index contributed by atoms with van der Waals surface area (Å²) in [7, 11) is 1.34. The third-order valence-corrected chi connectivity index (χ3v) is 5.41. The standard InChI is InChI=1S/C17H19ClN2O4S/c1-10(16(22)23-2)25-17-19-14-8-11(18)5-6-13(14)15(21)20(17)9-12-4-3-7-24-12/h5-6,8,10,12H,3-4,7,9H2,1-2H3. The lowest BCUT2D eigenvalue weighted by Gasteiger charge is -2.18. The van der Waals surface area contributed by atoms with Crippen molar-refractivity contribution in [1.82, 2.24) is 9.55 Å². The molecule has 0 bridgehead atoms. The minimum Gasteiger partial charge on any atom is -0.468 e. The van der Waals surface area contributed by atoms with Gasteiger partial charge < -0.3 is 9.47 Å². The van der Waals surface area contributed by atoms with Gasteiger partial charge in [0.1, 0.15) is 5.25 Å². The number of carbonyl (C=O) groups excluding carboxylic acids is 1. The van der Waals surface area contributed by atoms with Crippen LogP contribution in [-0.2, 0) is 20.8 Å². The monoisotopic (exact) mass is 382 g/mol. The Bertz CT molecular complexity index is 848. The van der Waals surface area contributed by atoms with Gasteiger partial charge in [0.25, 0.3) is 5.56 Å². The number of methoxy groups -OCH3 is 1. The molecule has 1 aromatic carbocycles. The van der Waals surface area contributed by atoms with Gasteiger partial charge in [-0.25, -0.2) is 4.98 Å². The van der Waals surface area contributed by atoms with E-state index in [-0.39, 0.29) is 17.6 Å². The molecule has 1 saturated heterocycles. The second kappa shape index (κ2) is 7.76. The molecule has 1 aromatic heterocycles. The number of carbonyl (C=O) groups is 1. The molecule has 3 rings (SSSR count). The number of esters is 1. The predicted molar refractivity (Wildman–Crippen MR) is 97.3 cm³/mol. The second-order valence-corrected chi connectivity index (χ2v) is 7.63. The highest BCUT2D eigenvalue weighted by Crippen LogP contribution is 2.25. The van der Waals surface area contributed by atoms with Gasteiger partial charge in [0.05, 0.1) is 30.7 Å². The molecule has 2 unspecified atom stereocenters. The Morgan fingerprint density at radius 1 is 1.56 bits per heavy atom. The Kier molecular flexibility index (Phi) is 5.66. The summed E-state index contributed by atoms with van der Waals surface area (Å²) in [5, 5.41) is 0.989. The number of thioether (sulfide) groups is 1. The maximum Gasteiger partial charge on any atom is 0.318 e. The third-order valence-electron chi connectivity index (χ3n) is 4.11. The van der Waals surface area contributed by atoms with Crippen LogP contribution in [-0.4, -0.2) is 40.6 Å². The minimum atomic E-state index is -0.482. The summed E-state index contributed by atoms with van der Waals surface area (Å²) in [4.78, 5) is 29.3. The first-order chi connectivity index (χ1) is 12.0. The number of nitrogens with zero attached hydrogens (tertiary/aromatic N) is 2. The average molecular weight is 383 g/mol. The molecule has 1 fully saturated rings. The van der Waals surface area contributed by atoms with Crippen molar-refractivity contribution in [2.24, 2.45) is 0 Å². The summed E-state index contributed by atoms with van der Waals surface area (Å²) >= 11 is 7.23. The Morgan fingerprint density at radius 2 is 2.36 bits per heavy atom. The van der Waals surface area contributed by atoms with E-state index in [0.29, 0.717) is 34.2 Å². The normalized spacial score (nSPS) is 18.4. The van der Waals surface area contributed by atoms with E-state index >= 15 is 0 Å². The molecular formula is C17H19ClN2O4S. The van der Waals surface area contributed by atoms with E-state index < -0.39 is 5.25 Å². The lowest BCUT2D eigenvalue weighted by Crippen LogP contribution is -2.29. The van der Waals surface area contributed by atoms with Crippen molar-refractivity contribution >= 4 is 40.2 Å². The highest BCUT2D eigenvalue weighted by atomic mass is 35.5. The van der Waals surface area contributed by atoms with Gasteiger partial charge in [0.2, 0.25) is 0 Å². The van der Waals surface area contributed by atoms with Crippen molar-refractivity contribution in [1.29, 1.82) is 0 Å². The molecule has 0 amide bonds. The quantitative estimate of drug-likeness (QED) is 0.450. The molecule has 134 valence electrons. The van der Waals surface area contributed by atoms with Crippen molar-refractivity contribution in [3.63, 3.8) is 0 Å². The van der Waals surface area contributed by atoms with Gasteiger partial charge in [-0.15, -0.1) is 0 Å². The lowest BCUT2D eigenvalue weighted by atomic mass is 10.2. The molecule has 8 heteroatoms. The Balaban J connectivity index is 2.06. The SMILES string of the molecule is COC(=O)C(C)Sc1nc2cc(Cl)ccc2c(=O)n1CC1CCCO1. The first-order valence-corrected chi connectivity index (χ1v) is 9.31. The minimum absolute atomic E-state index is 0.0166. The number of halogens is 1. The molecule has 6 nitrogen and oxygen atoms in total. The molecule has 1 aliphatic rings. The Hall–Kier alpha value is -1.57. The second-order valence-electron chi connectivity index (χ2n) is 5.89. The third kappa shape index (κ3) is 3.99. The fourth-order valence-corrected chi connectivity index (χ4v) is 3.90. The summed E-state index contributed by atoms with van der Waals surface area (Å²) in [5.41, 5.74) is 0.359. The first-order valence-electron chi connectivity index (χ1n) is 8.06. The van der Waals surface area contributed by atoms with E-state index in [0.717, 1.165) is 12.8 Å². The van der Waals surface area contributed by atoms with Crippen LogP contribution in [0.1, 0.15) is 19.8 Å². The van der Waals surface area contributed by atoms with Crippen LogP contribution in [0.3, 0.4) is 0 Å². The maximum absolute atomic E-state index is 13.0. The highest BCUT2D eigenvalue weighted by molar-refractivity contribution is 8.00. The summed E-state index contributed by atoms with van der Waals surface area (Å²) in [6.45, 7) is 2.85. The molecule has 0 saturated carbocycles. The number of hydrogen-bond donors (Lipinski definition) is 0. The fraction of sp³-hybridized carbons (Fsp3) is 0.471. The van der Waals surface area contributed by atoms with Crippen LogP contribution in [0.4, 0.5) is 0 Å². The number of rotatable bonds is 5. The van der Waals surface area contributed by atoms with Crippen LogP contribution in [0.2, 0.25) is 5.02 Å². The van der Waals surface area contributed by atoms with Crippen molar-refractivity contribution in [2.45, 2.75) is 42.8 Å². The molecular weight excluding hydrogens is 364 g/mol. The van der Waals surface area contributed by atoms with Gasteiger partial charge in [0, 0.05) is 11.6 Å². The molecule has 0 N–H and O–H groups in total. The highest BCUT2D eigenvalue weighted by Gasteiger charge is 2.23. The number of fused-ring (bicyclic) bond motifs is 1. The fourth-order valence-electron chi connectivity index (χ4n) is 2.79. The van der Waals surface area contributed by atoms with E-state index in [2.05, 4.69) is 4.98 Å². The van der Waals surface area contributed by atoms with Crippen LogP contribution in [0.15, 0.2) is 28.2 Å². The summed E-state index contributed by atoms with van der Waals surface area (Å²) in [6, 6.07) is 5.01. The topological polar surface area (TPSA) is 70.4 Å². The van der Waals surface area contributed by atoms with Gasteiger partial charge in [-0.3, -0.25) is 14.2 Å². The van der Waals surface area contributed by atoms with Gasteiger partial charge in [0.15, 0.2) is 5.16 Å². The van der Waals surface area contributed by atoms with Crippen molar-refractivity contribution in [3.05, 3.63) is 33.6 Å². The van der Waals surface area contributed by atoms with E-state index in [9.17, 15) is 9.59 Å². The van der Waals surface area contributed by atoms with Crippen molar-refractivity contribution in [3.8, 4) is 0 Å². The van der Waals surface area contributed by atoms with Crippen LogP contribution in [0, 0.1) is 0 Å².